The van der Waals surface area contributed by atoms with Crippen LogP contribution in [0.5, 0.6) is 0 Å². The molecular weight excluding hydrogens is 281 g/mol. The minimum atomic E-state index is -0.298. The molecule has 2 rings (SSSR count). The molecular formula is C14H21ClFN3O. The number of carbonyl (C=O) groups excluding carboxylic acids is 1. The summed E-state index contributed by atoms with van der Waals surface area (Å²) in [6, 6.07) is 5.08. The molecule has 0 radical (unpaired) electrons. The number of hydrogen-bond donors (Lipinski definition) is 2. The highest BCUT2D eigenvalue weighted by atomic mass is 35.5. The zero-order valence-electron chi connectivity index (χ0n) is 11.8. The minimum absolute atomic E-state index is 0. The summed E-state index contributed by atoms with van der Waals surface area (Å²) in [4.78, 5) is 14.0. The molecule has 0 aliphatic carbocycles. The van der Waals surface area contributed by atoms with Crippen LogP contribution in [0.3, 0.4) is 0 Å². The number of piperazine rings is 1. The second-order valence-electron chi connectivity index (χ2n) is 5.04. The number of benzene rings is 1. The van der Waals surface area contributed by atoms with E-state index in [-0.39, 0.29) is 24.1 Å². The van der Waals surface area contributed by atoms with Gasteiger partial charge in [0, 0.05) is 31.4 Å². The summed E-state index contributed by atoms with van der Waals surface area (Å²) in [7, 11) is 0. The third kappa shape index (κ3) is 4.44. The van der Waals surface area contributed by atoms with Gasteiger partial charge in [-0.05, 0) is 31.5 Å². The highest BCUT2D eigenvalue weighted by Gasteiger charge is 2.20. The van der Waals surface area contributed by atoms with Gasteiger partial charge in [0.2, 0.25) is 5.91 Å². The molecule has 0 aromatic heterocycles. The fraction of sp³-hybridized carbons (Fsp3) is 0.500. The van der Waals surface area contributed by atoms with Crippen LogP contribution in [0, 0.1) is 12.7 Å². The second-order valence-corrected chi connectivity index (χ2v) is 5.04. The van der Waals surface area contributed by atoms with E-state index in [1.165, 1.54) is 6.07 Å². The molecule has 1 atom stereocenters. The Morgan fingerprint density at radius 3 is 2.95 bits per heavy atom. The normalized spacial score (nSPS) is 19.2. The van der Waals surface area contributed by atoms with Crippen molar-refractivity contribution in [1.82, 2.24) is 10.2 Å². The highest BCUT2D eigenvalue weighted by molar-refractivity contribution is 5.92. The average Bonchev–Trinajstić information content (AvgIpc) is 2.37. The molecule has 1 saturated heterocycles. The lowest BCUT2D eigenvalue weighted by Crippen LogP contribution is -2.51. The van der Waals surface area contributed by atoms with Gasteiger partial charge < -0.3 is 10.6 Å². The van der Waals surface area contributed by atoms with Gasteiger partial charge in [-0.1, -0.05) is 6.07 Å². The molecule has 0 saturated carbocycles. The first-order chi connectivity index (χ1) is 9.06. The summed E-state index contributed by atoms with van der Waals surface area (Å²) in [5.74, 6) is -0.398. The lowest BCUT2D eigenvalue weighted by atomic mass is 10.2. The van der Waals surface area contributed by atoms with E-state index in [4.69, 9.17) is 0 Å². The fourth-order valence-electron chi connectivity index (χ4n) is 2.17. The van der Waals surface area contributed by atoms with Crippen molar-refractivity contribution in [3.05, 3.63) is 29.6 Å². The zero-order valence-corrected chi connectivity index (χ0v) is 12.6. The van der Waals surface area contributed by atoms with E-state index in [2.05, 4.69) is 22.5 Å². The maximum absolute atomic E-state index is 13.4. The fourth-order valence-corrected chi connectivity index (χ4v) is 2.17. The van der Waals surface area contributed by atoms with Gasteiger partial charge >= 0.3 is 0 Å². The van der Waals surface area contributed by atoms with Crippen LogP contribution in [0.2, 0.25) is 0 Å². The van der Waals surface area contributed by atoms with Crippen molar-refractivity contribution in [2.75, 3.05) is 31.5 Å². The Kier molecular flexibility index (Phi) is 6.39. The Bertz CT molecular complexity index is 470. The van der Waals surface area contributed by atoms with Gasteiger partial charge in [0.25, 0.3) is 0 Å². The van der Waals surface area contributed by atoms with E-state index in [1.807, 2.05) is 0 Å². The number of nitrogens with one attached hydrogen (secondary N) is 2. The van der Waals surface area contributed by atoms with Crippen LogP contribution in [-0.2, 0) is 4.79 Å². The Balaban J connectivity index is 0.00000200. The molecule has 0 unspecified atom stereocenters. The monoisotopic (exact) mass is 301 g/mol. The van der Waals surface area contributed by atoms with Crippen molar-refractivity contribution in [1.29, 1.82) is 0 Å². The Morgan fingerprint density at radius 1 is 1.55 bits per heavy atom. The molecule has 112 valence electrons. The summed E-state index contributed by atoms with van der Waals surface area (Å²) in [6.07, 6.45) is 0. The first-order valence-corrected chi connectivity index (χ1v) is 6.57. The first-order valence-electron chi connectivity index (χ1n) is 6.57. The third-order valence-corrected chi connectivity index (χ3v) is 3.44. The predicted octanol–water partition coefficient (Wildman–Crippen LogP) is 1.79. The summed E-state index contributed by atoms with van der Waals surface area (Å²) in [6.45, 7) is 6.78. The molecule has 0 spiro atoms. The van der Waals surface area contributed by atoms with Crippen LogP contribution < -0.4 is 10.6 Å². The Labute approximate surface area is 125 Å². The minimum Gasteiger partial charge on any atom is -0.325 e. The number of rotatable bonds is 3. The number of halogens is 2. The predicted molar refractivity (Wildman–Crippen MR) is 80.9 cm³/mol. The number of hydrogen-bond acceptors (Lipinski definition) is 3. The lowest BCUT2D eigenvalue weighted by molar-refractivity contribution is -0.118. The maximum atomic E-state index is 13.4. The Hall–Kier alpha value is -1.17. The summed E-state index contributed by atoms with van der Waals surface area (Å²) < 4.78 is 13.4. The topological polar surface area (TPSA) is 44.4 Å². The molecule has 1 aliphatic heterocycles. The lowest BCUT2D eigenvalue weighted by Gasteiger charge is -2.33. The molecule has 0 bridgehead atoms. The molecule has 1 aromatic carbocycles. The van der Waals surface area contributed by atoms with Crippen molar-refractivity contribution in [2.24, 2.45) is 0 Å². The number of carbonyl (C=O) groups is 1. The molecule has 2 N–H and O–H groups in total. The number of nitrogens with zero attached hydrogens (tertiary/aromatic N) is 1. The second kappa shape index (κ2) is 7.57. The zero-order chi connectivity index (χ0) is 13.8. The molecule has 4 nitrogen and oxygen atoms in total. The van der Waals surface area contributed by atoms with Crippen molar-refractivity contribution in [3.8, 4) is 0 Å². The van der Waals surface area contributed by atoms with E-state index < -0.39 is 0 Å². The van der Waals surface area contributed by atoms with Gasteiger partial charge in [0.15, 0.2) is 0 Å². The average molecular weight is 302 g/mol. The van der Waals surface area contributed by atoms with Crippen LogP contribution >= 0.6 is 12.4 Å². The van der Waals surface area contributed by atoms with Gasteiger partial charge in [-0.2, -0.15) is 0 Å². The molecule has 20 heavy (non-hydrogen) atoms. The van der Waals surface area contributed by atoms with Crippen LogP contribution in [0.4, 0.5) is 10.1 Å². The highest BCUT2D eigenvalue weighted by Crippen LogP contribution is 2.13. The van der Waals surface area contributed by atoms with Gasteiger partial charge in [-0.3, -0.25) is 9.69 Å². The molecule has 1 fully saturated rings. The van der Waals surface area contributed by atoms with Crippen molar-refractivity contribution in [2.45, 2.75) is 19.9 Å². The van der Waals surface area contributed by atoms with Gasteiger partial charge in [0.05, 0.1) is 6.54 Å². The number of amides is 1. The van der Waals surface area contributed by atoms with Crippen LogP contribution in [0.1, 0.15) is 12.5 Å². The largest absolute Gasteiger partial charge is 0.325 e. The van der Waals surface area contributed by atoms with E-state index in [0.717, 1.165) is 19.6 Å². The van der Waals surface area contributed by atoms with Gasteiger partial charge in [-0.15, -0.1) is 12.4 Å². The SMILES string of the molecule is Cc1ccc(NC(=O)CN2CCNC[C@@H]2C)cc1F.Cl. The van der Waals surface area contributed by atoms with E-state index in [1.54, 1.807) is 19.1 Å². The van der Waals surface area contributed by atoms with Crippen LogP contribution in [0.15, 0.2) is 18.2 Å². The summed E-state index contributed by atoms with van der Waals surface area (Å²) >= 11 is 0. The smallest absolute Gasteiger partial charge is 0.238 e. The molecule has 1 aromatic rings. The summed E-state index contributed by atoms with van der Waals surface area (Å²) in [5.41, 5.74) is 1.09. The number of anilines is 1. The van der Waals surface area contributed by atoms with E-state index >= 15 is 0 Å². The Morgan fingerprint density at radius 2 is 2.30 bits per heavy atom. The quantitative estimate of drug-likeness (QED) is 0.894. The van der Waals surface area contributed by atoms with Gasteiger partial charge in [0.1, 0.15) is 5.82 Å². The van der Waals surface area contributed by atoms with Crippen molar-refractivity contribution >= 4 is 24.0 Å². The standard InChI is InChI=1S/C14H20FN3O.ClH/c1-10-3-4-12(7-13(10)15)17-14(19)9-18-6-5-16-8-11(18)2;/h3-4,7,11,16H,5-6,8-9H2,1-2H3,(H,17,19);1H/t11-;/m0./s1. The van der Waals surface area contributed by atoms with E-state index in [9.17, 15) is 9.18 Å². The number of aryl methyl sites for hydroxylation is 1. The third-order valence-electron chi connectivity index (χ3n) is 3.44. The molecule has 1 aliphatic rings. The van der Waals surface area contributed by atoms with Crippen LogP contribution in [0.25, 0.3) is 0 Å². The molecule has 6 heteroatoms. The first kappa shape index (κ1) is 16.9. The molecule has 1 heterocycles. The van der Waals surface area contributed by atoms with Crippen molar-refractivity contribution < 1.29 is 9.18 Å². The molecule has 1 amide bonds. The maximum Gasteiger partial charge on any atom is 0.238 e. The van der Waals surface area contributed by atoms with Crippen LogP contribution in [-0.4, -0.2) is 43.0 Å². The van der Waals surface area contributed by atoms with Crippen molar-refractivity contribution in [3.63, 3.8) is 0 Å². The van der Waals surface area contributed by atoms with E-state index in [0.29, 0.717) is 23.8 Å². The van der Waals surface area contributed by atoms with Gasteiger partial charge in [-0.25, -0.2) is 4.39 Å². The summed E-state index contributed by atoms with van der Waals surface area (Å²) in [5, 5.41) is 6.01.